The van der Waals surface area contributed by atoms with Crippen LogP contribution in [0.5, 0.6) is 0 Å². The SMILES string of the molecule is O=C(O)C(Cc1ccccc1[N+](=O)[O-])C1CCS(=O)(=O)C1. The highest BCUT2D eigenvalue weighted by Gasteiger charge is 2.38. The maximum absolute atomic E-state index is 11.5. The molecule has 1 aromatic carbocycles. The average molecular weight is 313 g/mol. The molecule has 2 unspecified atom stereocenters. The lowest BCUT2D eigenvalue weighted by atomic mass is 9.86. The molecule has 2 rings (SSSR count). The van der Waals surface area contributed by atoms with Crippen LogP contribution in [0.4, 0.5) is 5.69 Å². The molecular formula is C13H15NO6S. The van der Waals surface area contributed by atoms with E-state index in [0.29, 0.717) is 12.0 Å². The van der Waals surface area contributed by atoms with Gasteiger partial charge in [-0.2, -0.15) is 0 Å². The Morgan fingerprint density at radius 1 is 1.43 bits per heavy atom. The van der Waals surface area contributed by atoms with Gasteiger partial charge in [0.2, 0.25) is 0 Å². The first kappa shape index (κ1) is 15.4. The van der Waals surface area contributed by atoms with Crippen molar-refractivity contribution in [1.29, 1.82) is 0 Å². The molecule has 7 nitrogen and oxygen atoms in total. The van der Waals surface area contributed by atoms with Crippen LogP contribution in [-0.2, 0) is 21.1 Å². The summed E-state index contributed by atoms with van der Waals surface area (Å²) in [5, 5.41) is 20.3. The fraction of sp³-hybridized carbons (Fsp3) is 0.462. The zero-order valence-corrected chi connectivity index (χ0v) is 12.0. The number of nitro groups is 1. The van der Waals surface area contributed by atoms with Crippen molar-refractivity contribution in [2.75, 3.05) is 11.5 Å². The second-order valence-electron chi connectivity index (χ2n) is 5.20. The Balaban J connectivity index is 2.26. The van der Waals surface area contributed by atoms with Crippen molar-refractivity contribution < 1.29 is 23.2 Å². The fourth-order valence-electron chi connectivity index (χ4n) is 2.70. The number of carboxylic acid groups (broad SMARTS) is 1. The van der Waals surface area contributed by atoms with E-state index in [0.717, 1.165) is 0 Å². The zero-order chi connectivity index (χ0) is 15.6. The molecule has 0 amide bonds. The lowest BCUT2D eigenvalue weighted by molar-refractivity contribution is -0.385. The van der Waals surface area contributed by atoms with E-state index in [1.54, 1.807) is 6.07 Å². The quantitative estimate of drug-likeness (QED) is 0.646. The van der Waals surface area contributed by atoms with Crippen molar-refractivity contribution in [3.8, 4) is 0 Å². The van der Waals surface area contributed by atoms with Crippen LogP contribution < -0.4 is 0 Å². The van der Waals surface area contributed by atoms with E-state index in [9.17, 15) is 28.4 Å². The number of carbonyl (C=O) groups is 1. The van der Waals surface area contributed by atoms with Gasteiger partial charge < -0.3 is 5.11 Å². The van der Waals surface area contributed by atoms with Crippen LogP contribution >= 0.6 is 0 Å². The predicted octanol–water partition coefficient (Wildman–Crippen LogP) is 1.27. The number of nitro benzene ring substituents is 1. The lowest BCUT2D eigenvalue weighted by Crippen LogP contribution is -2.27. The normalized spacial score (nSPS) is 21.8. The molecule has 1 aliphatic heterocycles. The Kier molecular flexibility index (Phi) is 4.26. The second kappa shape index (κ2) is 5.80. The molecule has 0 spiro atoms. The Bertz CT molecular complexity index is 669. The van der Waals surface area contributed by atoms with E-state index < -0.39 is 32.6 Å². The van der Waals surface area contributed by atoms with E-state index in [2.05, 4.69) is 0 Å². The predicted molar refractivity (Wildman–Crippen MR) is 74.7 cm³/mol. The molecule has 114 valence electrons. The fourth-order valence-corrected chi connectivity index (χ4v) is 4.58. The van der Waals surface area contributed by atoms with Crippen molar-refractivity contribution in [3.05, 3.63) is 39.9 Å². The highest BCUT2D eigenvalue weighted by Crippen LogP contribution is 2.31. The molecular weight excluding hydrogens is 298 g/mol. The number of nitrogens with zero attached hydrogens (tertiary/aromatic N) is 1. The van der Waals surface area contributed by atoms with Crippen LogP contribution in [0.15, 0.2) is 24.3 Å². The molecule has 21 heavy (non-hydrogen) atoms. The van der Waals surface area contributed by atoms with E-state index >= 15 is 0 Å². The molecule has 1 N–H and O–H groups in total. The summed E-state index contributed by atoms with van der Waals surface area (Å²) in [6.07, 6.45) is 0.257. The summed E-state index contributed by atoms with van der Waals surface area (Å²) >= 11 is 0. The summed E-state index contributed by atoms with van der Waals surface area (Å²) in [6.45, 7) is 0. The molecule has 1 heterocycles. The number of para-hydroxylation sites is 1. The second-order valence-corrected chi connectivity index (χ2v) is 7.43. The van der Waals surface area contributed by atoms with Gasteiger partial charge in [-0.1, -0.05) is 18.2 Å². The molecule has 0 aromatic heterocycles. The van der Waals surface area contributed by atoms with Gasteiger partial charge in [-0.05, 0) is 18.8 Å². The number of benzene rings is 1. The number of sulfone groups is 1. The summed E-state index contributed by atoms with van der Waals surface area (Å²) in [4.78, 5) is 21.8. The van der Waals surface area contributed by atoms with E-state index in [1.807, 2.05) is 0 Å². The Morgan fingerprint density at radius 3 is 2.62 bits per heavy atom. The summed E-state index contributed by atoms with van der Waals surface area (Å²) in [7, 11) is -3.19. The van der Waals surface area contributed by atoms with E-state index in [1.165, 1.54) is 18.2 Å². The van der Waals surface area contributed by atoms with Gasteiger partial charge in [0.15, 0.2) is 9.84 Å². The van der Waals surface area contributed by atoms with Crippen LogP contribution in [-0.4, -0.2) is 35.9 Å². The molecule has 1 aromatic rings. The smallest absolute Gasteiger partial charge is 0.307 e. The minimum absolute atomic E-state index is 0.0155. The van der Waals surface area contributed by atoms with Gasteiger partial charge in [-0.15, -0.1) is 0 Å². The van der Waals surface area contributed by atoms with E-state index in [-0.39, 0.29) is 23.6 Å². The van der Waals surface area contributed by atoms with Gasteiger partial charge in [0, 0.05) is 11.6 Å². The first-order chi connectivity index (χ1) is 9.80. The maximum atomic E-state index is 11.5. The number of hydrogen-bond acceptors (Lipinski definition) is 5. The Hall–Kier alpha value is -1.96. The lowest BCUT2D eigenvalue weighted by Gasteiger charge is -2.18. The Morgan fingerprint density at radius 2 is 2.10 bits per heavy atom. The van der Waals surface area contributed by atoms with Crippen molar-refractivity contribution >= 4 is 21.5 Å². The van der Waals surface area contributed by atoms with Gasteiger partial charge in [0.25, 0.3) is 5.69 Å². The standard InChI is InChI=1S/C13H15NO6S/c15-13(16)11(10-5-6-21(19,20)8-10)7-9-3-1-2-4-12(9)14(17)18/h1-4,10-11H,5-8H2,(H,15,16). The third-order valence-corrected chi connectivity index (χ3v) is 5.58. The Labute approximate surface area is 121 Å². The number of carboxylic acids is 1. The third kappa shape index (κ3) is 3.57. The van der Waals surface area contributed by atoms with Crippen molar-refractivity contribution in [3.63, 3.8) is 0 Å². The van der Waals surface area contributed by atoms with Crippen LogP contribution in [0.25, 0.3) is 0 Å². The number of aliphatic carboxylic acids is 1. The molecule has 0 bridgehead atoms. The summed E-state index contributed by atoms with van der Waals surface area (Å²) in [5.74, 6) is -2.71. The molecule has 0 aliphatic carbocycles. The van der Waals surface area contributed by atoms with Crippen LogP contribution in [0.2, 0.25) is 0 Å². The van der Waals surface area contributed by atoms with Gasteiger partial charge in [0.1, 0.15) is 0 Å². The largest absolute Gasteiger partial charge is 0.481 e. The van der Waals surface area contributed by atoms with Crippen LogP contribution in [0, 0.1) is 22.0 Å². The first-order valence-corrected chi connectivity index (χ1v) is 8.28. The molecule has 2 atom stereocenters. The highest BCUT2D eigenvalue weighted by molar-refractivity contribution is 7.91. The number of rotatable bonds is 5. The van der Waals surface area contributed by atoms with Crippen molar-refractivity contribution in [2.24, 2.45) is 11.8 Å². The average Bonchev–Trinajstić information content (AvgIpc) is 2.76. The van der Waals surface area contributed by atoms with Crippen molar-refractivity contribution in [2.45, 2.75) is 12.8 Å². The summed E-state index contributed by atoms with van der Waals surface area (Å²) in [5.41, 5.74) is 0.184. The molecule has 1 fully saturated rings. The van der Waals surface area contributed by atoms with Gasteiger partial charge in [-0.3, -0.25) is 14.9 Å². The maximum Gasteiger partial charge on any atom is 0.307 e. The third-order valence-electron chi connectivity index (χ3n) is 3.78. The topological polar surface area (TPSA) is 115 Å². The molecule has 0 radical (unpaired) electrons. The van der Waals surface area contributed by atoms with E-state index in [4.69, 9.17) is 0 Å². The number of hydrogen-bond donors (Lipinski definition) is 1. The van der Waals surface area contributed by atoms with Gasteiger partial charge in [-0.25, -0.2) is 8.42 Å². The van der Waals surface area contributed by atoms with Gasteiger partial charge >= 0.3 is 5.97 Å². The first-order valence-electron chi connectivity index (χ1n) is 6.45. The zero-order valence-electron chi connectivity index (χ0n) is 11.1. The highest BCUT2D eigenvalue weighted by atomic mass is 32.2. The minimum atomic E-state index is -3.19. The van der Waals surface area contributed by atoms with Gasteiger partial charge in [0.05, 0.1) is 22.3 Å². The summed E-state index contributed by atoms with van der Waals surface area (Å²) in [6, 6.07) is 5.95. The van der Waals surface area contributed by atoms with Crippen LogP contribution in [0.3, 0.4) is 0 Å². The van der Waals surface area contributed by atoms with Crippen molar-refractivity contribution in [1.82, 2.24) is 0 Å². The monoisotopic (exact) mass is 313 g/mol. The molecule has 1 saturated heterocycles. The molecule has 8 heteroatoms. The van der Waals surface area contributed by atoms with Crippen LogP contribution in [0.1, 0.15) is 12.0 Å². The minimum Gasteiger partial charge on any atom is -0.481 e. The molecule has 0 saturated carbocycles. The molecule has 1 aliphatic rings. The summed E-state index contributed by atoms with van der Waals surface area (Å²) < 4.78 is 23.0.